The summed E-state index contributed by atoms with van der Waals surface area (Å²) in [6, 6.07) is 11.2. The van der Waals surface area contributed by atoms with Crippen LogP contribution >= 0.6 is 0 Å². The monoisotopic (exact) mass is 556 g/mol. The number of halogens is 1. The third kappa shape index (κ3) is 5.14. The molecule has 0 bridgehead atoms. The van der Waals surface area contributed by atoms with Crippen LogP contribution in [0.4, 0.5) is 10.1 Å². The summed E-state index contributed by atoms with van der Waals surface area (Å²) >= 11 is 0. The van der Waals surface area contributed by atoms with Crippen molar-refractivity contribution in [3.8, 4) is 17.2 Å². The molecule has 4 aromatic rings. The van der Waals surface area contributed by atoms with E-state index in [0.717, 1.165) is 31.9 Å². The van der Waals surface area contributed by atoms with Gasteiger partial charge in [-0.05, 0) is 24.3 Å². The summed E-state index contributed by atoms with van der Waals surface area (Å²) in [5, 5.41) is 25.5. The summed E-state index contributed by atoms with van der Waals surface area (Å²) in [6.07, 6.45) is 7.80. The number of benzene rings is 1. The third-order valence-corrected chi connectivity index (χ3v) is 8.26. The van der Waals surface area contributed by atoms with Gasteiger partial charge in [0.1, 0.15) is 30.0 Å². The van der Waals surface area contributed by atoms with Crippen LogP contribution in [0.5, 0.6) is 0 Å². The van der Waals surface area contributed by atoms with Crippen molar-refractivity contribution in [3.05, 3.63) is 73.1 Å². The highest BCUT2D eigenvalue weighted by atomic mass is 19.1. The van der Waals surface area contributed by atoms with Crippen LogP contribution in [0, 0.1) is 29.0 Å². The molecule has 12 nitrogen and oxygen atoms in total. The van der Waals surface area contributed by atoms with Crippen molar-refractivity contribution in [3.63, 3.8) is 0 Å². The van der Waals surface area contributed by atoms with Crippen molar-refractivity contribution in [2.45, 2.75) is 24.6 Å². The Morgan fingerprint density at radius 1 is 1.20 bits per heavy atom. The number of carbonyl (C=O) groups is 1. The minimum absolute atomic E-state index is 0.245. The van der Waals surface area contributed by atoms with Crippen molar-refractivity contribution in [1.82, 2.24) is 39.6 Å². The first-order valence-corrected chi connectivity index (χ1v) is 13.4. The van der Waals surface area contributed by atoms with Crippen molar-refractivity contribution in [2.24, 2.45) is 11.8 Å². The molecular formula is C28H29FN10O2. The predicted molar refractivity (Wildman–Crippen MR) is 145 cm³/mol. The molecule has 0 N–H and O–H groups in total. The zero-order valence-corrected chi connectivity index (χ0v) is 22.5. The molecule has 4 atom stereocenters. The molecule has 210 valence electrons. The fourth-order valence-corrected chi connectivity index (χ4v) is 6.04. The highest BCUT2D eigenvalue weighted by Crippen LogP contribution is 2.62. The molecule has 0 spiro atoms. The fourth-order valence-electron chi connectivity index (χ4n) is 6.04. The largest absolute Gasteiger partial charge is 0.461 e. The third-order valence-electron chi connectivity index (χ3n) is 8.26. The maximum atomic E-state index is 15.3. The van der Waals surface area contributed by atoms with Gasteiger partial charge in [-0.15, -0.1) is 15.3 Å². The second kappa shape index (κ2) is 11.1. The van der Waals surface area contributed by atoms with Gasteiger partial charge in [-0.1, -0.05) is 11.3 Å². The Balaban J connectivity index is 1.09. The Morgan fingerprint density at radius 2 is 2.00 bits per heavy atom. The van der Waals surface area contributed by atoms with E-state index in [9.17, 15) is 10.1 Å². The van der Waals surface area contributed by atoms with E-state index in [2.05, 4.69) is 36.5 Å². The Morgan fingerprint density at radius 3 is 2.63 bits per heavy atom. The zero-order chi connectivity index (χ0) is 28.4. The molecule has 1 saturated heterocycles. The standard InChI is InChI=1S/C28H29FN10O2/c1-36(12-22(41-19-40)13-39-7-6-32-35-39)21-3-4-23(26(29)10-21)20-2-5-27(31-11-20)28(16-30)24-14-37(15-25(24)28)8-9-38-17-33-34-18-38/h2-7,10-11,17-19,22,24-25H,8-9,12-15H2,1H3/t22-,24-,25+,28+/m1/s1. The number of hydrogen-bond acceptors (Lipinski definition) is 10. The van der Waals surface area contributed by atoms with Crippen LogP contribution < -0.4 is 4.90 Å². The van der Waals surface area contributed by atoms with Crippen molar-refractivity contribution in [2.75, 3.05) is 38.1 Å². The molecular weight excluding hydrogens is 527 g/mol. The number of likely N-dealkylation sites (tertiary alicyclic amines) is 1. The molecule has 1 aromatic carbocycles. The molecule has 4 heterocycles. The summed E-state index contributed by atoms with van der Waals surface area (Å²) in [6.45, 7) is 4.47. The molecule has 3 aromatic heterocycles. The smallest absolute Gasteiger partial charge is 0.293 e. The summed E-state index contributed by atoms with van der Waals surface area (Å²) in [5.41, 5.74) is 1.87. The lowest BCUT2D eigenvalue weighted by atomic mass is 9.95. The van der Waals surface area contributed by atoms with Crippen molar-refractivity contribution in [1.29, 1.82) is 5.26 Å². The maximum Gasteiger partial charge on any atom is 0.293 e. The quantitative estimate of drug-likeness (QED) is 0.238. The Hall–Kier alpha value is -4.70. The van der Waals surface area contributed by atoms with E-state index in [1.54, 1.807) is 49.0 Å². The molecule has 1 aliphatic carbocycles. The Kier molecular flexibility index (Phi) is 7.15. The first-order valence-electron chi connectivity index (χ1n) is 13.4. The summed E-state index contributed by atoms with van der Waals surface area (Å²) in [7, 11) is 1.80. The zero-order valence-electron chi connectivity index (χ0n) is 22.5. The minimum atomic E-state index is -0.580. The molecule has 1 aliphatic heterocycles. The predicted octanol–water partition coefficient (Wildman–Crippen LogP) is 1.77. The summed E-state index contributed by atoms with van der Waals surface area (Å²) in [5.74, 6) is 0.0971. The number of fused-ring (bicyclic) bond motifs is 1. The number of ether oxygens (including phenoxy) is 1. The molecule has 6 rings (SSSR count). The molecule has 0 amide bonds. The van der Waals surface area contributed by atoms with Gasteiger partial charge in [-0.3, -0.25) is 9.78 Å². The Labute approximate surface area is 236 Å². The van der Waals surface area contributed by atoms with Gasteiger partial charge in [-0.25, -0.2) is 9.07 Å². The SMILES string of the molecule is CN(C[C@H](Cn1ccnn1)OC=O)c1ccc(-c2ccc([C@@]3(C#N)[C@@H]4CN(CCn5cnnc5)C[C@@H]43)nc2)c(F)c1. The van der Waals surface area contributed by atoms with Crippen LogP contribution in [0.15, 0.2) is 61.6 Å². The number of carbonyl (C=O) groups excluding carboxylic acids is 1. The van der Waals surface area contributed by atoms with Crippen LogP contribution in [-0.2, 0) is 28.0 Å². The highest BCUT2D eigenvalue weighted by Gasteiger charge is 2.70. The normalized spacial score (nSPS) is 22.1. The van der Waals surface area contributed by atoms with Gasteiger partial charge in [0.05, 0.1) is 31.0 Å². The number of pyridine rings is 1. The number of anilines is 1. The number of nitrogens with zero attached hydrogens (tertiary/aromatic N) is 10. The lowest BCUT2D eigenvalue weighted by Gasteiger charge is -2.25. The number of nitriles is 1. The number of likely N-dealkylation sites (N-methyl/N-ethyl adjacent to an activating group) is 1. The molecule has 2 aliphatic rings. The van der Waals surface area contributed by atoms with Crippen LogP contribution in [0.1, 0.15) is 5.69 Å². The lowest BCUT2D eigenvalue weighted by Crippen LogP contribution is -2.34. The van der Waals surface area contributed by atoms with Gasteiger partial charge < -0.3 is 19.1 Å². The number of hydrogen-bond donors (Lipinski definition) is 0. The molecule has 2 fully saturated rings. The average Bonchev–Trinajstić information content (AvgIpc) is 3.57. The van der Waals surface area contributed by atoms with E-state index in [1.807, 2.05) is 27.7 Å². The van der Waals surface area contributed by atoms with Gasteiger partial charge in [-0.2, -0.15) is 5.26 Å². The van der Waals surface area contributed by atoms with Gasteiger partial charge in [0, 0.05) is 74.3 Å². The van der Waals surface area contributed by atoms with Gasteiger partial charge in [0.15, 0.2) is 0 Å². The summed E-state index contributed by atoms with van der Waals surface area (Å²) in [4.78, 5) is 19.8. The van der Waals surface area contributed by atoms with E-state index in [0.29, 0.717) is 36.4 Å². The van der Waals surface area contributed by atoms with Gasteiger partial charge in [0.2, 0.25) is 0 Å². The van der Waals surface area contributed by atoms with Crippen LogP contribution in [0.3, 0.4) is 0 Å². The Bertz CT molecular complexity index is 1510. The van der Waals surface area contributed by atoms with E-state index in [-0.39, 0.29) is 11.8 Å². The highest BCUT2D eigenvalue weighted by molar-refractivity contribution is 5.67. The first-order chi connectivity index (χ1) is 20.0. The van der Waals surface area contributed by atoms with Crippen LogP contribution in [-0.4, -0.2) is 85.4 Å². The van der Waals surface area contributed by atoms with E-state index >= 15 is 4.39 Å². The molecule has 41 heavy (non-hydrogen) atoms. The van der Waals surface area contributed by atoms with E-state index < -0.39 is 17.3 Å². The fraction of sp³-hybridized carbons (Fsp3) is 0.393. The minimum Gasteiger partial charge on any atom is -0.461 e. The second-order valence-corrected chi connectivity index (χ2v) is 10.6. The van der Waals surface area contributed by atoms with E-state index in [1.165, 1.54) is 6.07 Å². The van der Waals surface area contributed by atoms with Crippen molar-refractivity contribution >= 4 is 12.2 Å². The summed E-state index contributed by atoms with van der Waals surface area (Å²) < 4.78 is 24.0. The second-order valence-electron chi connectivity index (χ2n) is 10.6. The topological polar surface area (TPSA) is 131 Å². The van der Waals surface area contributed by atoms with Gasteiger partial charge >= 0.3 is 0 Å². The molecule has 13 heteroatoms. The van der Waals surface area contributed by atoms with Crippen LogP contribution in [0.25, 0.3) is 11.1 Å². The lowest BCUT2D eigenvalue weighted by molar-refractivity contribution is -0.133. The molecule has 0 radical (unpaired) electrons. The average molecular weight is 557 g/mol. The van der Waals surface area contributed by atoms with Gasteiger partial charge in [0.25, 0.3) is 6.47 Å². The number of piperidine rings is 1. The number of rotatable bonds is 12. The van der Waals surface area contributed by atoms with E-state index in [4.69, 9.17) is 4.74 Å². The first kappa shape index (κ1) is 26.5. The van der Waals surface area contributed by atoms with Crippen molar-refractivity contribution < 1.29 is 13.9 Å². The van der Waals surface area contributed by atoms with Crippen LogP contribution in [0.2, 0.25) is 0 Å². The molecule has 0 unspecified atom stereocenters. The molecule has 1 saturated carbocycles. The number of aromatic nitrogens is 7. The maximum absolute atomic E-state index is 15.3.